The number of hydrogen-bond donors (Lipinski definition) is 3. The van der Waals surface area contributed by atoms with Gasteiger partial charge in [0.05, 0.1) is 0 Å². The van der Waals surface area contributed by atoms with Crippen molar-refractivity contribution in [3.63, 3.8) is 0 Å². The maximum atomic E-state index is 9.44. The Morgan fingerprint density at radius 2 is 1.20 bits per heavy atom. The van der Waals surface area contributed by atoms with Crippen molar-refractivity contribution in [3.05, 3.63) is 0 Å². The van der Waals surface area contributed by atoms with Crippen LogP contribution in [0.25, 0.3) is 0 Å². The fraction of sp³-hybridized carbons (Fsp3) is 0.857. The molecule has 0 spiro atoms. The lowest BCUT2D eigenvalue weighted by atomic mass is 9.86. The van der Waals surface area contributed by atoms with Crippen LogP contribution < -0.4 is 10.6 Å². The van der Waals surface area contributed by atoms with Crippen molar-refractivity contribution in [2.45, 2.75) is 114 Å². The largest absolute Gasteiger partial charge is 0.378 e. The smallest absolute Gasteiger partial charge is 0.166 e. The zero-order valence-corrected chi connectivity index (χ0v) is 16.5. The molecule has 0 bridgehead atoms. The SMILES string of the molecule is C#CC1(O)CCCCC1.S=C(NC1CCCCC1)NC1CCCCC1. The van der Waals surface area contributed by atoms with Gasteiger partial charge in [0.15, 0.2) is 5.11 Å². The van der Waals surface area contributed by atoms with Gasteiger partial charge in [-0.15, -0.1) is 6.42 Å². The Morgan fingerprint density at radius 3 is 1.56 bits per heavy atom. The molecule has 3 aliphatic carbocycles. The summed E-state index contributed by atoms with van der Waals surface area (Å²) >= 11 is 5.39. The molecule has 142 valence electrons. The highest BCUT2D eigenvalue weighted by atomic mass is 32.1. The second-order valence-corrected chi connectivity index (χ2v) is 8.43. The first kappa shape index (κ1) is 20.5. The molecule has 0 aliphatic heterocycles. The maximum Gasteiger partial charge on any atom is 0.166 e. The summed E-state index contributed by atoms with van der Waals surface area (Å²) in [5, 5.41) is 17.3. The van der Waals surface area contributed by atoms with Gasteiger partial charge in [0.25, 0.3) is 0 Å². The lowest BCUT2D eigenvalue weighted by Gasteiger charge is -2.28. The number of rotatable bonds is 2. The van der Waals surface area contributed by atoms with E-state index in [1.807, 2.05) is 0 Å². The number of terminal acetylenes is 1. The van der Waals surface area contributed by atoms with Crippen LogP contribution in [0, 0.1) is 12.3 Å². The van der Waals surface area contributed by atoms with Gasteiger partial charge in [-0.3, -0.25) is 0 Å². The summed E-state index contributed by atoms with van der Waals surface area (Å²) in [5.41, 5.74) is -0.752. The van der Waals surface area contributed by atoms with Gasteiger partial charge in [0, 0.05) is 12.1 Å². The molecule has 3 N–H and O–H groups in total. The van der Waals surface area contributed by atoms with Crippen LogP contribution in [-0.2, 0) is 0 Å². The van der Waals surface area contributed by atoms with E-state index in [0.717, 1.165) is 30.8 Å². The topological polar surface area (TPSA) is 44.3 Å². The molecular weight excluding hydrogens is 328 g/mol. The van der Waals surface area contributed by atoms with Gasteiger partial charge >= 0.3 is 0 Å². The van der Waals surface area contributed by atoms with E-state index in [1.165, 1.54) is 70.6 Å². The van der Waals surface area contributed by atoms with E-state index in [1.54, 1.807) is 0 Å². The quantitative estimate of drug-likeness (QED) is 0.501. The average Bonchev–Trinajstić information content (AvgIpc) is 2.64. The minimum atomic E-state index is -0.752. The molecule has 0 unspecified atom stereocenters. The van der Waals surface area contributed by atoms with E-state index in [9.17, 15) is 5.11 Å². The fourth-order valence-corrected chi connectivity index (χ4v) is 4.52. The number of aliphatic hydroxyl groups is 1. The second kappa shape index (κ2) is 11.0. The molecule has 3 nitrogen and oxygen atoms in total. The first-order chi connectivity index (χ1) is 12.1. The lowest BCUT2D eigenvalue weighted by Crippen LogP contribution is -2.47. The summed E-state index contributed by atoms with van der Waals surface area (Å²) in [6.07, 6.45) is 23.6. The van der Waals surface area contributed by atoms with Crippen molar-refractivity contribution < 1.29 is 5.11 Å². The highest BCUT2D eigenvalue weighted by Crippen LogP contribution is 2.26. The summed E-state index contributed by atoms with van der Waals surface area (Å²) in [6, 6.07) is 1.27. The van der Waals surface area contributed by atoms with Crippen LogP contribution in [0.5, 0.6) is 0 Å². The molecule has 0 amide bonds. The van der Waals surface area contributed by atoms with Crippen LogP contribution in [-0.4, -0.2) is 27.9 Å². The third kappa shape index (κ3) is 7.96. The van der Waals surface area contributed by atoms with Crippen molar-refractivity contribution in [1.29, 1.82) is 0 Å². The molecule has 0 aromatic rings. The van der Waals surface area contributed by atoms with Gasteiger partial charge in [0.1, 0.15) is 5.60 Å². The summed E-state index contributed by atoms with van der Waals surface area (Å²) in [7, 11) is 0. The third-order valence-corrected chi connectivity index (χ3v) is 6.07. The third-order valence-electron chi connectivity index (χ3n) is 5.83. The minimum Gasteiger partial charge on any atom is -0.378 e. The van der Waals surface area contributed by atoms with Crippen LogP contribution in [0.3, 0.4) is 0 Å². The van der Waals surface area contributed by atoms with E-state index < -0.39 is 5.60 Å². The monoisotopic (exact) mass is 364 g/mol. The van der Waals surface area contributed by atoms with Crippen molar-refractivity contribution in [2.24, 2.45) is 0 Å². The summed E-state index contributed by atoms with van der Waals surface area (Å²) in [4.78, 5) is 0. The summed E-state index contributed by atoms with van der Waals surface area (Å²) < 4.78 is 0. The fourth-order valence-electron chi connectivity index (χ4n) is 4.19. The Morgan fingerprint density at radius 1 is 0.800 bits per heavy atom. The van der Waals surface area contributed by atoms with Crippen LogP contribution in [0.1, 0.15) is 96.3 Å². The predicted octanol–water partition coefficient (Wildman–Crippen LogP) is 4.43. The predicted molar refractivity (Wildman–Crippen MR) is 109 cm³/mol. The molecule has 3 saturated carbocycles. The van der Waals surface area contributed by atoms with Crippen molar-refractivity contribution in [2.75, 3.05) is 0 Å². The first-order valence-electron chi connectivity index (χ1n) is 10.4. The molecule has 25 heavy (non-hydrogen) atoms. The average molecular weight is 365 g/mol. The molecule has 0 aromatic heterocycles. The van der Waals surface area contributed by atoms with Crippen molar-refractivity contribution >= 4 is 17.3 Å². The zero-order valence-electron chi connectivity index (χ0n) is 15.7. The van der Waals surface area contributed by atoms with E-state index in [-0.39, 0.29) is 0 Å². The molecule has 4 heteroatoms. The van der Waals surface area contributed by atoms with E-state index in [4.69, 9.17) is 18.6 Å². The molecule has 3 rings (SSSR count). The molecule has 0 heterocycles. The highest BCUT2D eigenvalue weighted by molar-refractivity contribution is 7.80. The van der Waals surface area contributed by atoms with Crippen molar-refractivity contribution in [1.82, 2.24) is 10.6 Å². The minimum absolute atomic E-state index is 0.636. The summed E-state index contributed by atoms with van der Waals surface area (Å²) in [6.45, 7) is 0. The zero-order chi connectivity index (χ0) is 18.0. The van der Waals surface area contributed by atoms with Gasteiger partial charge in [0.2, 0.25) is 0 Å². The molecule has 0 aromatic carbocycles. The number of hydrogen-bond acceptors (Lipinski definition) is 2. The Kier molecular flexibility index (Phi) is 9.06. The van der Waals surface area contributed by atoms with Gasteiger partial charge in [-0.25, -0.2) is 0 Å². The van der Waals surface area contributed by atoms with Crippen LogP contribution in [0.15, 0.2) is 0 Å². The van der Waals surface area contributed by atoms with Gasteiger partial charge < -0.3 is 15.7 Å². The van der Waals surface area contributed by atoms with Gasteiger partial charge in [-0.05, 0) is 63.6 Å². The molecule has 3 fully saturated rings. The highest BCUT2D eigenvalue weighted by Gasteiger charge is 2.25. The Balaban J connectivity index is 0.000000212. The first-order valence-corrected chi connectivity index (χ1v) is 10.8. The standard InChI is InChI=1S/C13H24N2S.C8H12O/c16-13(14-11-7-3-1-4-8-11)15-12-9-5-2-6-10-12;1-2-8(9)6-4-3-5-7-8/h11-12H,1-10H2,(H2,14,15,16);1,9H,3-7H2. The Labute approximate surface area is 159 Å². The lowest BCUT2D eigenvalue weighted by molar-refractivity contribution is 0.0612. The molecule has 0 atom stereocenters. The van der Waals surface area contributed by atoms with Crippen LogP contribution >= 0.6 is 12.2 Å². The van der Waals surface area contributed by atoms with Crippen LogP contribution in [0.2, 0.25) is 0 Å². The molecule has 0 radical (unpaired) electrons. The van der Waals surface area contributed by atoms with E-state index in [0.29, 0.717) is 12.1 Å². The van der Waals surface area contributed by atoms with E-state index in [2.05, 4.69) is 16.6 Å². The number of nitrogens with one attached hydrogen (secondary N) is 2. The van der Waals surface area contributed by atoms with Crippen LogP contribution in [0.4, 0.5) is 0 Å². The maximum absolute atomic E-state index is 9.44. The molecular formula is C21H36N2OS. The van der Waals surface area contributed by atoms with E-state index >= 15 is 0 Å². The van der Waals surface area contributed by atoms with Gasteiger partial charge in [-0.2, -0.15) is 0 Å². The second-order valence-electron chi connectivity index (χ2n) is 8.02. The normalized spacial score (nSPS) is 24.3. The number of thiocarbonyl (C=S) groups is 1. The summed E-state index contributed by atoms with van der Waals surface area (Å²) in [5.74, 6) is 2.44. The van der Waals surface area contributed by atoms with Crippen molar-refractivity contribution in [3.8, 4) is 12.3 Å². The molecule has 0 saturated heterocycles. The Bertz CT molecular complexity index is 406. The Hall–Kier alpha value is -0.790. The molecule has 3 aliphatic rings. The van der Waals surface area contributed by atoms with Gasteiger partial charge in [-0.1, -0.05) is 50.9 Å².